The number of phenols is 1. The lowest BCUT2D eigenvalue weighted by molar-refractivity contribution is 0.392. The zero-order valence-corrected chi connectivity index (χ0v) is 20.7. The SMILES string of the molecule is COc1ccc(OC)c([C@@H]2C3=C(N=c4s/c(=C/c5cccc(O)c5)c(=O)n42)c2ccccc2CC3)c1. The molecule has 3 aromatic carbocycles. The molecule has 1 N–H and O–H groups in total. The summed E-state index contributed by atoms with van der Waals surface area (Å²) in [5.74, 6) is 1.54. The van der Waals surface area contributed by atoms with Gasteiger partial charge in [0.1, 0.15) is 17.2 Å². The fraction of sp³-hybridized carbons (Fsp3) is 0.172. The molecule has 0 bridgehead atoms. The molecule has 2 heterocycles. The number of hydrogen-bond acceptors (Lipinski definition) is 6. The number of nitrogens with zero attached hydrogens (tertiary/aromatic N) is 2. The molecule has 1 aromatic heterocycles. The van der Waals surface area contributed by atoms with Crippen LogP contribution in [0.5, 0.6) is 17.2 Å². The highest BCUT2D eigenvalue weighted by Gasteiger charge is 2.34. The molecule has 6 rings (SSSR count). The first kappa shape index (κ1) is 22.4. The summed E-state index contributed by atoms with van der Waals surface area (Å²) in [6.07, 6.45) is 3.47. The number of phenolic OH excluding ortho intramolecular Hbond substituents is 1. The van der Waals surface area contributed by atoms with Gasteiger partial charge in [-0.1, -0.05) is 47.7 Å². The number of methoxy groups -OCH3 is 2. The van der Waals surface area contributed by atoms with Crippen molar-refractivity contribution in [1.82, 2.24) is 4.57 Å². The van der Waals surface area contributed by atoms with E-state index in [4.69, 9.17) is 14.5 Å². The Labute approximate surface area is 211 Å². The molecule has 0 saturated carbocycles. The molecule has 1 aliphatic heterocycles. The van der Waals surface area contributed by atoms with Gasteiger partial charge in [-0.25, -0.2) is 4.99 Å². The molecule has 0 amide bonds. The minimum absolute atomic E-state index is 0.123. The summed E-state index contributed by atoms with van der Waals surface area (Å²) in [6.45, 7) is 0. The number of fused-ring (bicyclic) bond motifs is 3. The summed E-state index contributed by atoms with van der Waals surface area (Å²) in [5, 5.41) is 9.90. The zero-order valence-electron chi connectivity index (χ0n) is 19.9. The van der Waals surface area contributed by atoms with Crippen molar-refractivity contribution in [3.8, 4) is 17.2 Å². The number of aromatic hydroxyl groups is 1. The lowest BCUT2D eigenvalue weighted by Gasteiger charge is -2.31. The van der Waals surface area contributed by atoms with Crippen molar-refractivity contribution in [2.45, 2.75) is 18.9 Å². The van der Waals surface area contributed by atoms with E-state index in [-0.39, 0.29) is 17.4 Å². The third-order valence-corrected chi connectivity index (χ3v) is 7.76. The third-order valence-electron chi connectivity index (χ3n) is 6.77. The molecular weight excluding hydrogens is 472 g/mol. The highest BCUT2D eigenvalue weighted by atomic mass is 32.1. The average molecular weight is 497 g/mol. The van der Waals surface area contributed by atoms with Crippen LogP contribution in [0.1, 0.15) is 34.7 Å². The van der Waals surface area contributed by atoms with E-state index in [1.165, 1.54) is 16.9 Å². The Morgan fingerprint density at radius 2 is 1.89 bits per heavy atom. The summed E-state index contributed by atoms with van der Waals surface area (Å²) >= 11 is 1.36. The quantitative estimate of drug-likeness (QED) is 0.463. The number of allylic oxidation sites excluding steroid dienone is 1. The van der Waals surface area contributed by atoms with Crippen molar-refractivity contribution in [2.24, 2.45) is 4.99 Å². The second-order valence-electron chi connectivity index (χ2n) is 8.82. The molecule has 0 unspecified atom stereocenters. The first-order chi connectivity index (χ1) is 17.6. The van der Waals surface area contributed by atoms with Crippen molar-refractivity contribution >= 4 is 23.1 Å². The van der Waals surface area contributed by atoms with Crippen LogP contribution in [0.3, 0.4) is 0 Å². The number of aromatic nitrogens is 1. The Hall–Kier alpha value is -4.10. The minimum atomic E-state index is -0.374. The maximum atomic E-state index is 13.9. The third kappa shape index (κ3) is 3.63. The topological polar surface area (TPSA) is 73.1 Å². The lowest BCUT2D eigenvalue weighted by atomic mass is 9.83. The van der Waals surface area contributed by atoms with Crippen LogP contribution >= 0.6 is 11.3 Å². The van der Waals surface area contributed by atoms with Crippen LogP contribution in [-0.4, -0.2) is 23.9 Å². The van der Waals surface area contributed by atoms with Gasteiger partial charge >= 0.3 is 0 Å². The maximum Gasteiger partial charge on any atom is 0.271 e. The van der Waals surface area contributed by atoms with Gasteiger partial charge in [-0.15, -0.1) is 0 Å². The second-order valence-corrected chi connectivity index (χ2v) is 9.83. The summed E-state index contributed by atoms with van der Waals surface area (Å²) < 4.78 is 13.6. The van der Waals surface area contributed by atoms with Crippen LogP contribution in [0.4, 0.5) is 0 Å². The Balaban J connectivity index is 1.66. The Kier molecular flexibility index (Phi) is 5.49. The van der Waals surface area contributed by atoms with Crippen molar-refractivity contribution in [1.29, 1.82) is 0 Å². The molecule has 0 radical (unpaired) electrons. The highest BCUT2D eigenvalue weighted by Crippen LogP contribution is 2.44. The fourth-order valence-corrected chi connectivity index (χ4v) is 6.12. The van der Waals surface area contributed by atoms with Crippen molar-refractivity contribution in [3.63, 3.8) is 0 Å². The zero-order chi connectivity index (χ0) is 24.8. The predicted octanol–water partition coefficient (Wildman–Crippen LogP) is 4.04. The lowest BCUT2D eigenvalue weighted by Crippen LogP contribution is -2.39. The van der Waals surface area contributed by atoms with E-state index in [9.17, 15) is 9.90 Å². The van der Waals surface area contributed by atoms with Crippen LogP contribution < -0.4 is 24.4 Å². The summed E-state index contributed by atoms with van der Waals surface area (Å²) in [7, 11) is 3.27. The monoisotopic (exact) mass is 496 g/mol. The molecule has 36 heavy (non-hydrogen) atoms. The molecule has 6 nitrogen and oxygen atoms in total. The van der Waals surface area contributed by atoms with Gasteiger partial charge in [0.25, 0.3) is 5.56 Å². The van der Waals surface area contributed by atoms with Crippen molar-refractivity contribution in [3.05, 3.63) is 114 Å². The van der Waals surface area contributed by atoms with Crippen LogP contribution in [0.15, 0.2) is 82.1 Å². The molecule has 1 aliphatic carbocycles. The van der Waals surface area contributed by atoms with Gasteiger partial charge in [-0.2, -0.15) is 0 Å². The summed E-state index contributed by atoms with van der Waals surface area (Å²) in [5.41, 5.74) is 5.89. The Bertz CT molecular complexity index is 1710. The number of hydrogen-bond donors (Lipinski definition) is 1. The summed E-state index contributed by atoms with van der Waals surface area (Å²) in [6, 6.07) is 20.5. The summed E-state index contributed by atoms with van der Waals surface area (Å²) in [4.78, 5) is 19.6. The van der Waals surface area contributed by atoms with Crippen LogP contribution in [0, 0.1) is 0 Å². The van der Waals surface area contributed by atoms with E-state index in [2.05, 4.69) is 18.2 Å². The molecule has 0 spiro atoms. The van der Waals surface area contributed by atoms with E-state index in [0.29, 0.717) is 20.8 Å². The van der Waals surface area contributed by atoms with Crippen LogP contribution in [0.2, 0.25) is 0 Å². The number of benzene rings is 3. The smallest absolute Gasteiger partial charge is 0.271 e. The Morgan fingerprint density at radius 1 is 1.03 bits per heavy atom. The fourth-order valence-electron chi connectivity index (χ4n) is 5.12. The van der Waals surface area contributed by atoms with E-state index in [0.717, 1.165) is 40.8 Å². The van der Waals surface area contributed by atoms with E-state index in [1.54, 1.807) is 43.1 Å². The van der Waals surface area contributed by atoms with Gasteiger partial charge in [0, 0.05) is 11.1 Å². The standard InChI is InChI=1S/C29H24N2O4S/c1-34-20-11-13-24(35-2)23(16-20)27-22-12-10-18-7-3-4-9-21(18)26(22)30-29-31(27)28(33)25(36-29)15-17-6-5-8-19(32)14-17/h3-9,11,13-16,27,32H,10,12H2,1-2H3/b25-15+/t27-/m0/s1. The normalized spacial score (nSPS) is 16.6. The van der Waals surface area contributed by atoms with E-state index in [1.807, 2.05) is 30.3 Å². The molecule has 0 fully saturated rings. The minimum Gasteiger partial charge on any atom is -0.508 e. The van der Waals surface area contributed by atoms with Crippen molar-refractivity contribution in [2.75, 3.05) is 14.2 Å². The predicted molar refractivity (Wildman–Crippen MR) is 140 cm³/mol. The van der Waals surface area contributed by atoms with Crippen LogP contribution in [-0.2, 0) is 6.42 Å². The average Bonchev–Trinajstić information content (AvgIpc) is 3.21. The number of rotatable bonds is 4. The molecular formula is C29H24N2O4S. The first-order valence-electron chi connectivity index (χ1n) is 11.7. The van der Waals surface area contributed by atoms with Gasteiger partial charge in [0.2, 0.25) is 0 Å². The number of aryl methyl sites for hydroxylation is 1. The first-order valence-corrected chi connectivity index (χ1v) is 12.5. The molecule has 2 aliphatic rings. The van der Waals surface area contributed by atoms with E-state index < -0.39 is 0 Å². The number of ether oxygens (including phenoxy) is 2. The molecule has 1 atom stereocenters. The second kappa shape index (κ2) is 8.84. The van der Waals surface area contributed by atoms with E-state index >= 15 is 0 Å². The largest absolute Gasteiger partial charge is 0.508 e. The maximum absolute atomic E-state index is 13.9. The molecule has 4 aromatic rings. The van der Waals surface area contributed by atoms with Gasteiger partial charge < -0.3 is 14.6 Å². The highest BCUT2D eigenvalue weighted by molar-refractivity contribution is 7.07. The van der Waals surface area contributed by atoms with Gasteiger partial charge in [0.05, 0.1) is 30.5 Å². The number of thiazole rings is 1. The Morgan fingerprint density at radius 3 is 2.69 bits per heavy atom. The van der Waals surface area contributed by atoms with Gasteiger partial charge in [0.15, 0.2) is 4.80 Å². The van der Waals surface area contributed by atoms with Gasteiger partial charge in [-0.05, 0) is 65.9 Å². The van der Waals surface area contributed by atoms with Crippen molar-refractivity contribution < 1.29 is 14.6 Å². The van der Waals surface area contributed by atoms with Crippen LogP contribution in [0.25, 0.3) is 11.8 Å². The molecule has 0 saturated heterocycles. The molecule has 180 valence electrons. The molecule has 7 heteroatoms. The van der Waals surface area contributed by atoms with Gasteiger partial charge in [-0.3, -0.25) is 9.36 Å².